The molecule has 1 amide bonds. The van der Waals surface area contributed by atoms with E-state index in [0.29, 0.717) is 5.56 Å². The Morgan fingerprint density at radius 3 is 2.86 bits per heavy atom. The summed E-state index contributed by atoms with van der Waals surface area (Å²) in [6.45, 7) is 0. The average Bonchev–Trinajstić information content (AvgIpc) is 3.12. The van der Waals surface area contributed by atoms with Gasteiger partial charge in [-0.15, -0.1) is 0 Å². The summed E-state index contributed by atoms with van der Waals surface area (Å²) in [6.07, 6.45) is 1.90. The predicted molar refractivity (Wildman–Crippen MR) is 71.3 cm³/mol. The average molecular weight is 289 g/mol. The van der Waals surface area contributed by atoms with Crippen molar-refractivity contribution in [2.24, 2.45) is 0 Å². The zero-order valence-electron chi connectivity index (χ0n) is 10.8. The van der Waals surface area contributed by atoms with Gasteiger partial charge >= 0.3 is 0 Å². The number of carbonyl (C=O) groups is 1. The highest BCUT2D eigenvalue weighted by atomic mass is 16.6. The number of nitro benzene ring substituents is 1. The molecule has 1 aromatic carbocycles. The zero-order chi connectivity index (χ0) is 15.0. The number of carbonyl (C=O) groups excluding carboxylic acids is 1. The molecule has 1 aliphatic carbocycles. The van der Waals surface area contributed by atoms with E-state index in [9.17, 15) is 14.9 Å². The molecule has 0 aliphatic heterocycles. The van der Waals surface area contributed by atoms with Gasteiger partial charge in [0.25, 0.3) is 23.3 Å². The van der Waals surface area contributed by atoms with Gasteiger partial charge in [0.05, 0.1) is 16.2 Å². The molecule has 0 unspecified atom stereocenters. The van der Waals surface area contributed by atoms with Gasteiger partial charge in [-0.05, 0) is 18.9 Å². The molecule has 0 atom stereocenters. The van der Waals surface area contributed by atoms with Crippen molar-refractivity contribution in [2.45, 2.75) is 18.9 Å². The smallest absolute Gasteiger partial charge is 0.292 e. The van der Waals surface area contributed by atoms with Crippen LogP contribution in [-0.4, -0.2) is 27.0 Å². The predicted octanol–water partition coefficient (Wildman–Crippen LogP) is 1.12. The molecule has 0 radical (unpaired) electrons. The lowest BCUT2D eigenvalue weighted by Crippen LogP contribution is -2.26. The van der Waals surface area contributed by atoms with Crippen molar-refractivity contribution >= 4 is 17.3 Å². The highest BCUT2D eigenvalue weighted by molar-refractivity contribution is 5.91. The van der Waals surface area contributed by atoms with E-state index < -0.39 is 10.8 Å². The van der Waals surface area contributed by atoms with Gasteiger partial charge in [0.15, 0.2) is 0 Å². The number of hydrogen-bond acceptors (Lipinski definition) is 7. The van der Waals surface area contributed by atoms with Crippen molar-refractivity contribution in [3.05, 3.63) is 34.1 Å². The molecule has 9 heteroatoms. The van der Waals surface area contributed by atoms with E-state index in [-0.39, 0.29) is 29.1 Å². The van der Waals surface area contributed by atoms with Crippen LogP contribution >= 0.6 is 0 Å². The van der Waals surface area contributed by atoms with Gasteiger partial charge < -0.3 is 15.6 Å². The minimum absolute atomic E-state index is 0.0448. The van der Waals surface area contributed by atoms with Crippen LogP contribution in [0.4, 0.5) is 11.4 Å². The quantitative estimate of drug-likeness (QED) is 0.488. The number of nitrogen functional groups attached to an aromatic ring is 1. The Hall–Kier alpha value is -2.97. The lowest BCUT2D eigenvalue weighted by atomic mass is 10.1. The number of nitro groups is 1. The van der Waals surface area contributed by atoms with Gasteiger partial charge in [-0.2, -0.15) is 4.98 Å². The van der Waals surface area contributed by atoms with E-state index in [1.54, 1.807) is 0 Å². The Kier molecular flexibility index (Phi) is 3.01. The molecule has 0 bridgehead atoms. The summed E-state index contributed by atoms with van der Waals surface area (Å²) in [5, 5.41) is 17.0. The number of rotatable bonds is 4. The summed E-state index contributed by atoms with van der Waals surface area (Å²) in [5.74, 6) is -0.453. The zero-order valence-corrected chi connectivity index (χ0v) is 10.8. The lowest BCUT2D eigenvalue weighted by molar-refractivity contribution is -0.384. The second kappa shape index (κ2) is 4.85. The van der Waals surface area contributed by atoms with E-state index >= 15 is 0 Å². The van der Waals surface area contributed by atoms with Crippen LogP contribution in [0.15, 0.2) is 22.7 Å². The summed E-state index contributed by atoms with van der Waals surface area (Å²) in [4.78, 5) is 25.8. The van der Waals surface area contributed by atoms with E-state index in [4.69, 9.17) is 10.3 Å². The van der Waals surface area contributed by atoms with Crippen molar-refractivity contribution in [3.63, 3.8) is 0 Å². The third kappa shape index (κ3) is 2.66. The lowest BCUT2D eigenvalue weighted by Gasteiger charge is -1.99. The van der Waals surface area contributed by atoms with E-state index in [1.807, 2.05) is 0 Å². The summed E-state index contributed by atoms with van der Waals surface area (Å²) < 4.78 is 4.98. The second-order valence-corrected chi connectivity index (χ2v) is 4.70. The first-order chi connectivity index (χ1) is 10.0. The molecule has 1 heterocycles. The Bertz CT molecular complexity index is 722. The largest absolute Gasteiger partial charge is 0.398 e. The fraction of sp³-hybridized carbons (Fsp3) is 0.250. The van der Waals surface area contributed by atoms with Gasteiger partial charge in [-0.1, -0.05) is 5.16 Å². The van der Waals surface area contributed by atoms with Gasteiger partial charge in [0.2, 0.25) is 0 Å². The van der Waals surface area contributed by atoms with Gasteiger partial charge in [-0.25, -0.2) is 0 Å². The fourth-order valence-electron chi connectivity index (χ4n) is 1.76. The molecule has 2 aromatic rings. The van der Waals surface area contributed by atoms with E-state index in [0.717, 1.165) is 12.8 Å². The van der Waals surface area contributed by atoms with Crippen molar-refractivity contribution in [1.29, 1.82) is 0 Å². The van der Waals surface area contributed by atoms with Crippen LogP contribution in [0.3, 0.4) is 0 Å². The summed E-state index contributed by atoms with van der Waals surface area (Å²) in [6, 6.07) is 4.07. The Morgan fingerprint density at radius 2 is 2.24 bits per heavy atom. The number of non-ortho nitro benzene ring substituents is 1. The number of amides is 1. The van der Waals surface area contributed by atoms with Crippen LogP contribution in [0.25, 0.3) is 11.5 Å². The Labute approximate surface area is 118 Å². The summed E-state index contributed by atoms with van der Waals surface area (Å²) in [7, 11) is 0. The summed E-state index contributed by atoms with van der Waals surface area (Å²) in [5.41, 5.74) is 6.07. The minimum atomic E-state index is -0.553. The highest BCUT2D eigenvalue weighted by Crippen LogP contribution is 2.28. The number of nitrogens with two attached hydrogens (primary N) is 1. The third-order valence-corrected chi connectivity index (χ3v) is 3.02. The first kappa shape index (κ1) is 13.0. The maximum absolute atomic E-state index is 11.8. The van der Waals surface area contributed by atoms with Gasteiger partial charge in [0.1, 0.15) is 0 Å². The van der Waals surface area contributed by atoms with Crippen LogP contribution in [0.5, 0.6) is 0 Å². The molecule has 1 aliphatic rings. The molecule has 0 spiro atoms. The van der Waals surface area contributed by atoms with Crippen LogP contribution in [-0.2, 0) is 0 Å². The first-order valence-corrected chi connectivity index (χ1v) is 6.23. The number of aromatic nitrogens is 2. The number of nitrogens with zero attached hydrogens (tertiary/aromatic N) is 3. The minimum Gasteiger partial charge on any atom is -0.398 e. The standard InChI is InChI=1S/C12H11N5O4/c13-9-5-7(17(19)20)3-4-8(9)12-15-10(16-21-12)11(18)14-6-1-2-6/h3-6H,1-2,13H2,(H,14,18). The van der Waals surface area contributed by atoms with E-state index in [1.165, 1.54) is 18.2 Å². The summed E-state index contributed by atoms with van der Waals surface area (Å²) >= 11 is 0. The SMILES string of the molecule is Nc1cc([N+](=O)[O-])ccc1-c1nc(C(=O)NC2CC2)no1. The molecule has 0 saturated heterocycles. The topological polar surface area (TPSA) is 137 Å². The van der Waals surface area contributed by atoms with Gasteiger partial charge in [-0.3, -0.25) is 14.9 Å². The fourth-order valence-corrected chi connectivity index (χ4v) is 1.76. The number of benzene rings is 1. The highest BCUT2D eigenvalue weighted by Gasteiger charge is 2.26. The molecule has 1 fully saturated rings. The number of hydrogen-bond donors (Lipinski definition) is 2. The maximum atomic E-state index is 11.8. The molecular formula is C12H11N5O4. The normalized spacial score (nSPS) is 13.9. The van der Waals surface area contributed by atoms with Crippen molar-refractivity contribution in [3.8, 4) is 11.5 Å². The molecule has 21 heavy (non-hydrogen) atoms. The van der Waals surface area contributed by atoms with Crippen LogP contribution in [0, 0.1) is 10.1 Å². The van der Waals surface area contributed by atoms with Crippen molar-refractivity contribution in [1.82, 2.24) is 15.5 Å². The first-order valence-electron chi connectivity index (χ1n) is 6.23. The number of nitrogens with one attached hydrogen (secondary N) is 1. The molecule has 108 valence electrons. The second-order valence-electron chi connectivity index (χ2n) is 4.70. The molecule has 1 aromatic heterocycles. The molecule has 9 nitrogen and oxygen atoms in total. The molecular weight excluding hydrogens is 278 g/mol. The number of anilines is 1. The molecule has 3 rings (SSSR count). The van der Waals surface area contributed by atoms with Crippen molar-refractivity contribution < 1.29 is 14.2 Å². The van der Waals surface area contributed by atoms with Gasteiger partial charge in [0, 0.05) is 18.2 Å². The van der Waals surface area contributed by atoms with Crippen LogP contribution < -0.4 is 11.1 Å². The van der Waals surface area contributed by atoms with Crippen molar-refractivity contribution in [2.75, 3.05) is 5.73 Å². The molecule has 1 saturated carbocycles. The third-order valence-electron chi connectivity index (χ3n) is 3.02. The Balaban J connectivity index is 1.85. The van der Waals surface area contributed by atoms with Crippen LogP contribution in [0.2, 0.25) is 0 Å². The maximum Gasteiger partial charge on any atom is 0.292 e. The van der Waals surface area contributed by atoms with Crippen LogP contribution in [0.1, 0.15) is 23.5 Å². The monoisotopic (exact) mass is 289 g/mol. The Morgan fingerprint density at radius 1 is 1.48 bits per heavy atom. The molecule has 3 N–H and O–H groups in total. The van der Waals surface area contributed by atoms with E-state index in [2.05, 4.69) is 15.5 Å².